The quantitative estimate of drug-likeness (QED) is 0.727. The first kappa shape index (κ1) is 15.8. The van der Waals surface area contributed by atoms with E-state index in [1.807, 2.05) is 0 Å². The van der Waals surface area contributed by atoms with E-state index in [0.717, 1.165) is 44.7 Å². The fourth-order valence-corrected chi connectivity index (χ4v) is 3.89. The lowest BCUT2D eigenvalue weighted by Crippen LogP contribution is -2.32. The molecule has 1 heterocycles. The van der Waals surface area contributed by atoms with Crippen molar-refractivity contribution in [2.75, 3.05) is 13.1 Å². The second-order valence-corrected chi connectivity index (χ2v) is 6.91. The number of hydrogen-bond donors (Lipinski definition) is 1. The van der Waals surface area contributed by atoms with Gasteiger partial charge in [-0.05, 0) is 37.5 Å². The zero-order valence-corrected chi connectivity index (χ0v) is 13.2. The van der Waals surface area contributed by atoms with Crippen LogP contribution in [0.15, 0.2) is 0 Å². The summed E-state index contributed by atoms with van der Waals surface area (Å²) in [7, 11) is 0. The Morgan fingerprint density at radius 1 is 1.05 bits per heavy atom. The molecule has 2 aliphatic rings. The van der Waals surface area contributed by atoms with Gasteiger partial charge in [-0.2, -0.15) is 0 Å². The molecule has 2 rings (SSSR count). The molecule has 0 spiro atoms. The van der Waals surface area contributed by atoms with Gasteiger partial charge in [-0.25, -0.2) is 0 Å². The van der Waals surface area contributed by atoms with Crippen molar-refractivity contribution in [1.29, 1.82) is 0 Å². The van der Waals surface area contributed by atoms with E-state index in [9.17, 15) is 4.79 Å². The smallest absolute Gasteiger partial charge is 0.222 e. The van der Waals surface area contributed by atoms with Crippen molar-refractivity contribution >= 4 is 5.91 Å². The molecule has 0 aromatic carbocycles. The van der Waals surface area contributed by atoms with Gasteiger partial charge in [0.2, 0.25) is 5.91 Å². The van der Waals surface area contributed by atoms with Crippen LogP contribution in [0.2, 0.25) is 0 Å². The normalized spacial score (nSPS) is 29.5. The predicted octanol–water partition coefficient (Wildman–Crippen LogP) is 3.32. The van der Waals surface area contributed by atoms with Crippen LogP contribution in [0, 0.1) is 11.8 Å². The molecule has 1 saturated carbocycles. The highest BCUT2D eigenvalue weighted by Gasteiger charge is 2.38. The molecule has 2 N–H and O–H groups in total. The van der Waals surface area contributed by atoms with E-state index in [4.69, 9.17) is 5.73 Å². The molecule has 20 heavy (non-hydrogen) atoms. The van der Waals surface area contributed by atoms with E-state index in [0.29, 0.717) is 17.9 Å². The minimum absolute atomic E-state index is 0.380. The number of rotatable bonds is 7. The van der Waals surface area contributed by atoms with Crippen molar-refractivity contribution in [3.05, 3.63) is 0 Å². The minimum Gasteiger partial charge on any atom is -0.342 e. The molecule has 3 heteroatoms. The van der Waals surface area contributed by atoms with Crippen molar-refractivity contribution in [3.8, 4) is 0 Å². The molecule has 0 aromatic heterocycles. The van der Waals surface area contributed by atoms with Crippen LogP contribution in [-0.4, -0.2) is 29.9 Å². The Morgan fingerprint density at radius 3 is 2.55 bits per heavy atom. The summed E-state index contributed by atoms with van der Waals surface area (Å²) in [6.07, 6.45) is 11.8. The van der Waals surface area contributed by atoms with Gasteiger partial charge in [0.15, 0.2) is 0 Å². The Morgan fingerprint density at radius 2 is 1.75 bits per heavy atom. The lowest BCUT2D eigenvalue weighted by molar-refractivity contribution is -0.130. The molecular formula is C17H32N2O. The van der Waals surface area contributed by atoms with Gasteiger partial charge in [-0.1, -0.05) is 39.0 Å². The van der Waals surface area contributed by atoms with Gasteiger partial charge in [-0.15, -0.1) is 0 Å². The monoisotopic (exact) mass is 280 g/mol. The van der Waals surface area contributed by atoms with E-state index < -0.39 is 0 Å². The highest BCUT2D eigenvalue weighted by Crippen LogP contribution is 2.35. The third-order valence-electron chi connectivity index (χ3n) is 5.19. The van der Waals surface area contributed by atoms with E-state index in [2.05, 4.69) is 11.8 Å². The molecule has 1 amide bonds. The fourth-order valence-electron chi connectivity index (χ4n) is 3.89. The summed E-state index contributed by atoms with van der Waals surface area (Å²) in [4.78, 5) is 14.4. The van der Waals surface area contributed by atoms with Crippen LogP contribution in [0.5, 0.6) is 0 Å². The summed E-state index contributed by atoms with van der Waals surface area (Å²) in [5.41, 5.74) is 6.05. The molecule has 1 aliphatic heterocycles. The molecule has 1 aliphatic carbocycles. The second kappa shape index (κ2) is 8.02. The molecule has 1 saturated heterocycles. The molecule has 3 atom stereocenters. The van der Waals surface area contributed by atoms with Gasteiger partial charge < -0.3 is 10.6 Å². The number of nitrogens with zero attached hydrogens (tertiary/aromatic N) is 1. The lowest BCUT2D eigenvalue weighted by atomic mass is 9.79. The largest absolute Gasteiger partial charge is 0.342 e. The van der Waals surface area contributed by atoms with E-state index in [1.165, 1.54) is 38.5 Å². The number of likely N-dealkylation sites (tertiary alicyclic amines) is 1. The number of nitrogens with two attached hydrogens (primary N) is 1. The number of amides is 1. The van der Waals surface area contributed by atoms with Crippen molar-refractivity contribution in [1.82, 2.24) is 4.90 Å². The lowest BCUT2D eigenvalue weighted by Gasteiger charge is -2.27. The first-order valence-corrected chi connectivity index (χ1v) is 8.74. The Bertz CT molecular complexity index is 305. The number of carbonyl (C=O) groups is 1. The van der Waals surface area contributed by atoms with E-state index >= 15 is 0 Å². The molecular weight excluding hydrogens is 248 g/mol. The van der Waals surface area contributed by atoms with Crippen LogP contribution in [-0.2, 0) is 4.79 Å². The highest BCUT2D eigenvalue weighted by atomic mass is 16.2. The zero-order chi connectivity index (χ0) is 14.4. The second-order valence-electron chi connectivity index (χ2n) is 6.91. The van der Waals surface area contributed by atoms with Crippen LogP contribution < -0.4 is 5.73 Å². The SMILES string of the molecule is CCCCCCCCC(=O)N1C[C@H]2CCC(N)C[C@H]2C1. The number of carbonyl (C=O) groups excluding carboxylic acids is 1. The van der Waals surface area contributed by atoms with Crippen molar-refractivity contribution in [3.63, 3.8) is 0 Å². The highest BCUT2D eigenvalue weighted by molar-refractivity contribution is 5.76. The Kier molecular flexibility index (Phi) is 6.34. The van der Waals surface area contributed by atoms with Crippen LogP contribution >= 0.6 is 0 Å². The topological polar surface area (TPSA) is 46.3 Å². The average molecular weight is 280 g/mol. The summed E-state index contributed by atoms with van der Waals surface area (Å²) in [5.74, 6) is 1.82. The van der Waals surface area contributed by atoms with E-state index in [1.54, 1.807) is 0 Å². The average Bonchev–Trinajstić information content (AvgIpc) is 2.85. The Balaban J connectivity index is 1.62. The molecule has 0 bridgehead atoms. The minimum atomic E-state index is 0.380. The third-order valence-corrected chi connectivity index (χ3v) is 5.19. The Hall–Kier alpha value is -0.570. The summed E-state index contributed by atoms with van der Waals surface area (Å²) in [6, 6.07) is 0.380. The summed E-state index contributed by atoms with van der Waals surface area (Å²) < 4.78 is 0. The van der Waals surface area contributed by atoms with Crippen LogP contribution in [0.25, 0.3) is 0 Å². The fraction of sp³-hybridized carbons (Fsp3) is 0.941. The Labute approximate surface area is 124 Å². The summed E-state index contributed by atoms with van der Waals surface area (Å²) >= 11 is 0. The molecule has 2 fully saturated rings. The van der Waals surface area contributed by atoms with Gasteiger partial charge in [0, 0.05) is 25.6 Å². The van der Waals surface area contributed by atoms with Gasteiger partial charge in [0.1, 0.15) is 0 Å². The maximum absolute atomic E-state index is 12.3. The molecule has 0 radical (unpaired) electrons. The summed E-state index contributed by atoms with van der Waals surface area (Å²) in [5, 5.41) is 0. The third kappa shape index (κ3) is 4.47. The molecule has 3 nitrogen and oxygen atoms in total. The van der Waals surface area contributed by atoms with Crippen LogP contribution in [0.4, 0.5) is 0 Å². The van der Waals surface area contributed by atoms with Crippen LogP contribution in [0.3, 0.4) is 0 Å². The maximum Gasteiger partial charge on any atom is 0.222 e. The molecule has 116 valence electrons. The maximum atomic E-state index is 12.3. The number of hydrogen-bond acceptors (Lipinski definition) is 2. The van der Waals surface area contributed by atoms with Gasteiger partial charge >= 0.3 is 0 Å². The van der Waals surface area contributed by atoms with Gasteiger partial charge in [0.25, 0.3) is 0 Å². The first-order valence-electron chi connectivity index (χ1n) is 8.74. The summed E-state index contributed by atoms with van der Waals surface area (Å²) in [6.45, 7) is 4.22. The molecule has 0 aromatic rings. The van der Waals surface area contributed by atoms with Crippen molar-refractivity contribution in [2.45, 2.75) is 77.2 Å². The van der Waals surface area contributed by atoms with Crippen LogP contribution in [0.1, 0.15) is 71.1 Å². The molecule has 1 unspecified atom stereocenters. The van der Waals surface area contributed by atoms with Gasteiger partial charge in [-0.3, -0.25) is 4.79 Å². The predicted molar refractivity (Wildman–Crippen MR) is 83.4 cm³/mol. The van der Waals surface area contributed by atoms with Gasteiger partial charge in [0.05, 0.1) is 0 Å². The van der Waals surface area contributed by atoms with E-state index in [-0.39, 0.29) is 0 Å². The van der Waals surface area contributed by atoms with Crippen molar-refractivity contribution in [2.24, 2.45) is 17.6 Å². The first-order chi connectivity index (χ1) is 9.70. The number of fused-ring (bicyclic) bond motifs is 1. The number of unbranched alkanes of at least 4 members (excludes halogenated alkanes) is 5. The zero-order valence-electron chi connectivity index (χ0n) is 13.2. The van der Waals surface area contributed by atoms with Crippen molar-refractivity contribution < 1.29 is 4.79 Å². The standard InChI is InChI=1S/C17H32N2O/c1-2-3-4-5-6-7-8-17(20)19-12-14-9-10-16(18)11-15(14)13-19/h14-16H,2-13,18H2,1H3/t14-,15+,16?/m1/s1.